The van der Waals surface area contributed by atoms with Crippen LogP contribution in [0.5, 0.6) is 5.75 Å². The molecule has 0 aliphatic carbocycles. The van der Waals surface area contributed by atoms with Crippen molar-refractivity contribution in [2.45, 2.75) is 4.90 Å². The van der Waals surface area contributed by atoms with Gasteiger partial charge in [-0.3, -0.25) is 0 Å². The average Bonchev–Trinajstić information content (AvgIpc) is 2.59. The van der Waals surface area contributed by atoms with E-state index in [0.717, 1.165) is 16.0 Å². The van der Waals surface area contributed by atoms with E-state index in [1.165, 1.54) is 17.8 Å². The minimum absolute atomic E-state index is 0.305. The standard InChI is InChI=1S/C19H13ClO3S/c20-14-7-9-15(10-8-14)22-11-3-4-12-24-18-13-19(21)23-17-6-2-1-5-16(17)18/h1-2,5-10,13H,11-12H2. The zero-order valence-corrected chi connectivity index (χ0v) is 14.2. The number of fused-ring (bicyclic) bond motifs is 1. The Kier molecular flexibility index (Phi) is 5.47. The van der Waals surface area contributed by atoms with Crippen molar-refractivity contribution in [2.24, 2.45) is 0 Å². The minimum Gasteiger partial charge on any atom is -0.481 e. The molecule has 0 unspecified atom stereocenters. The van der Waals surface area contributed by atoms with Crippen LogP contribution in [-0.2, 0) is 0 Å². The Balaban J connectivity index is 1.57. The second kappa shape index (κ2) is 7.96. The van der Waals surface area contributed by atoms with Crippen LogP contribution in [0.15, 0.2) is 68.7 Å². The molecule has 120 valence electrons. The molecule has 0 radical (unpaired) electrons. The number of hydrogen-bond donors (Lipinski definition) is 0. The molecule has 3 aromatic rings. The first-order valence-corrected chi connectivity index (χ1v) is 8.58. The number of hydrogen-bond acceptors (Lipinski definition) is 4. The molecule has 0 bridgehead atoms. The summed E-state index contributed by atoms with van der Waals surface area (Å²) in [6.45, 7) is 0.305. The quantitative estimate of drug-likeness (QED) is 0.388. The van der Waals surface area contributed by atoms with Gasteiger partial charge in [-0.1, -0.05) is 41.6 Å². The predicted molar refractivity (Wildman–Crippen MR) is 97.9 cm³/mol. The SMILES string of the molecule is O=c1cc(SCC#CCOc2ccc(Cl)cc2)c2ccccc2o1. The summed E-state index contributed by atoms with van der Waals surface area (Å²) in [5.41, 5.74) is 0.238. The fourth-order valence-electron chi connectivity index (χ4n) is 2.07. The van der Waals surface area contributed by atoms with Gasteiger partial charge in [-0.25, -0.2) is 4.79 Å². The number of ether oxygens (including phenoxy) is 1. The van der Waals surface area contributed by atoms with Gasteiger partial charge in [0.25, 0.3) is 0 Å². The molecule has 0 saturated carbocycles. The summed E-state index contributed by atoms with van der Waals surface area (Å²) in [6, 6.07) is 16.1. The summed E-state index contributed by atoms with van der Waals surface area (Å²) in [6.07, 6.45) is 0. The Bertz CT molecular complexity index is 952. The van der Waals surface area contributed by atoms with E-state index in [-0.39, 0.29) is 5.63 Å². The van der Waals surface area contributed by atoms with E-state index in [9.17, 15) is 4.79 Å². The third-order valence-corrected chi connectivity index (χ3v) is 4.35. The summed E-state index contributed by atoms with van der Waals surface area (Å²) >= 11 is 7.32. The van der Waals surface area contributed by atoms with Gasteiger partial charge in [-0.15, -0.1) is 11.8 Å². The van der Waals surface area contributed by atoms with Crippen molar-refractivity contribution in [3.8, 4) is 17.6 Å². The summed E-state index contributed by atoms with van der Waals surface area (Å²) < 4.78 is 10.7. The van der Waals surface area contributed by atoms with Crippen molar-refractivity contribution < 1.29 is 9.15 Å². The van der Waals surface area contributed by atoms with Crippen molar-refractivity contribution in [3.05, 3.63) is 70.0 Å². The van der Waals surface area contributed by atoms with E-state index < -0.39 is 0 Å². The molecule has 0 N–H and O–H groups in total. The minimum atomic E-state index is -0.352. The van der Waals surface area contributed by atoms with Gasteiger partial charge in [-0.05, 0) is 30.3 Å². The van der Waals surface area contributed by atoms with E-state index in [1.807, 2.05) is 18.2 Å². The van der Waals surface area contributed by atoms with Crippen LogP contribution in [0, 0.1) is 11.8 Å². The highest BCUT2D eigenvalue weighted by molar-refractivity contribution is 7.99. The molecule has 0 amide bonds. The highest BCUT2D eigenvalue weighted by Gasteiger charge is 2.04. The molecule has 3 rings (SSSR count). The maximum atomic E-state index is 11.6. The Morgan fingerprint density at radius 3 is 2.71 bits per heavy atom. The van der Waals surface area contributed by atoms with Crippen LogP contribution in [0.2, 0.25) is 5.02 Å². The largest absolute Gasteiger partial charge is 0.481 e. The molecule has 5 heteroatoms. The Morgan fingerprint density at radius 2 is 1.88 bits per heavy atom. The van der Waals surface area contributed by atoms with Gasteiger partial charge in [0.1, 0.15) is 17.9 Å². The van der Waals surface area contributed by atoms with Gasteiger partial charge in [0.05, 0.1) is 5.75 Å². The maximum absolute atomic E-state index is 11.6. The first kappa shape index (κ1) is 16.5. The molecule has 3 nitrogen and oxygen atoms in total. The number of halogens is 1. The summed E-state index contributed by atoms with van der Waals surface area (Å²) in [5, 5.41) is 1.59. The van der Waals surface area contributed by atoms with Gasteiger partial charge < -0.3 is 9.15 Å². The third-order valence-electron chi connectivity index (χ3n) is 3.16. The van der Waals surface area contributed by atoms with E-state index in [1.54, 1.807) is 30.3 Å². The summed E-state index contributed by atoms with van der Waals surface area (Å²) in [7, 11) is 0. The smallest absolute Gasteiger partial charge is 0.337 e. The molecule has 1 heterocycles. The molecule has 0 aliphatic rings. The van der Waals surface area contributed by atoms with Gasteiger partial charge in [-0.2, -0.15) is 0 Å². The van der Waals surface area contributed by atoms with Crippen LogP contribution in [0.25, 0.3) is 11.0 Å². The monoisotopic (exact) mass is 356 g/mol. The Labute approximate surface area is 148 Å². The van der Waals surface area contributed by atoms with E-state index in [2.05, 4.69) is 11.8 Å². The van der Waals surface area contributed by atoms with Crippen LogP contribution in [0.1, 0.15) is 0 Å². The first-order chi connectivity index (χ1) is 11.7. The molecule has 1 aromatic heterocycles. The predicted octanol–water partition coefficient (Wildman–Crippen LogP) is 4.62. The molecule has 24 heavy (non-hydrogen) atoms. The summed E-state index contributed by atoms with van der Waals surface area (Å²) in [5.74, 6) is 7.28. The topological polar surface area (TPSA) is 39.4 Å². The normalized spacial score (nSPS) is 10.2. The van der Waals surface area contributed by atoms with Crippen LogP contribution in [0.3, 0.4) is 0 Å². The van der Waals surface area contributed by atoms with Crippen LogP contribution in [-0.4, -0.2) is 12.4 Å². The highest BCUT2D eigenvalue weighted by atomic mass is 35.5. The fraction of sp³-hybridized carbons (Fsp3) is 0.105. The molecule has 2 aromatic carbocycles. The number of benzene rings is 2. The van der Waals surface area contributed by atoms with Gasteiger partial charge in [0, 0.05) is 21.4 Å². The average molecular weight is 357 g/mol. The van der Waals surface area contributed by atoms with Crippen molar-refractivity contribution >= 4 is 34.3 Å². The van der Waals surface area contributed by atoms with Crippen molar-refractivity contribution in [1.82, 2.24) is 0 Å². The highest BCUT2D eigenvalue weighted by Crippen LogP contribution is 2.25. The van der Waals surface area contributed by atoms with Crippen molar-refractivity contribution in [1.29, 1.82) is 0 Å². The van der Waals surface area contributed by atoms with Gasteiger partial charge in [0.2, 0.25) is 0 Å². The van der Waals surface area contributed by atoms with Crippen molar-refractivity contribution in [2.75, 3.05) is 12.4 Å². The lowest BCUT2D eigenvalue weighted by Crippen LogP contribution is -1.97. The molecule has 0 fully saturated rings. The number of thioether (sulfide) groups is 1. The molecule has 0 saturated heterocycles. The molecule has 0 atom stereocenters. The zero-order chi connectivity index (χ0) is 16.8. The second-order valence-corrected chi connectivity index (χ2v) is 6.26. The first-order valence-electron chi connectivity index (χ1n) is 7.22. The fourth-order valence-corrected chi connectivity index (χ4v) is 3.03. The Hall–Kier alpha value is -2.35. The van der Waals surface area contributed by atoms with Gasteiger partial charge in [0.15, 0.2) is 0 Å². The molecule has 0 aliphatic heterocycles. The van der Waals surface area contributed by atoms with E-state index in [4.69, 9.17) is 20.8 Å². The lowest BCUT2D eigenvalue weighted by atomic mass is 10.2. The van der Waals surface area contributed by atoms with Crippen LogP contribution < -0.4 is 10.4 Å². The lowest BCUT2D eigenvalue weighted by molar-refractivity contribution is 0.370. The molecular weight excluding hydrogens is 344 g/mol. The van der Waals surface area contributed by atoms with E-state index >= 15 is 0 Å². The third kappa shape index (κ3) is 4.35. The molecule has 0 spiro atoms. The van der Waals surface area contributed by atoms with Crippen LogP contribution in [0.4, 0.5) is 0 Å². The van der Waals surface area contributed by atoms with Gasteiger partial charge >= 0.3 is 5.63 Å². The van der Waals surface area contributed by atoms with Crippen LogP contribution >= 0.6 is 23.4 Å². The van der Waals surface area contributed by atoms with E-state index in [0.29, 0.717) is 23.0 Å². The Morgan fingerprint density at radius 1 is 1.08 bits per heavy atom. The maximum Gasteiger partial charge on any atom is 0.337 e. The number of para-hydroxylation sites is 1. The summed E-state index contributed by atoms with van der Waals surface area (Å²) in [4.78, 5) is 12.4. The second-order valence-electron chi connectivity index (χ2n) is 4.81. The number of rotatable bonds is 4. The lowest BCUT2D eigenvalue weighted by Gasteiger charge is -2.02. The molecular formula is C19H13ClO3S. The zero-order valence-electron chi connectivity index (χ0n) is 12.6. The van der Waals surface area contributed by atoms with Crippen molar-refractivity contribution in [3.63, 3.8) is 0 Å².